The predicted octanol–water partition coefficient (Wildman–Crippen LogP) is 2.86. The van der Waals surface area contributed by atoms with Gasteiger partial charge in [-0.1, -0.05) is 6.92 Å². The zero-order valence-corrected chi connectivity index (χ0v) is 15.7. The van der Waals surface area contributed by atoms with E-state index in [1.54, 1.807) is 7.11 Å². The molecule has 0 saturated carbocycles. The van der Waals surface area contributed by atoms with E-state index in [-0.39, 0.29) is 11.9 Å². The molecule has 0 saturated heterocycles. The van der Waals surface area contributed by atoms with E-state index in [0.717, 1.165) is 42.3 Å². The summed E-state index contributed by atoms with van der Waals surface area (Å²) >= 11 is 0. The third-order valence-electron chi connectivity index (χ3n) is 4.35. The third kappa shape index (κ3) is 5.06. The first-order valence-electron chi connectivity index (χ1n) is 8.60. The van der Waals surface area contributed by atoms with Gasteiger partial charge in [0.1, 0.15) is 5.75 Å². The minimum Gasteiger partial charge on any atom is -0.497 e. The van der Waals surface area contributed by atoms with Crippen molar-refractivity contribution in [1.29, 1.82) is 0 Å². The Hall–Kier alpha value is -2.34. The van der Waals surface area contributed by atoms with Gasteiger partial charge in [0.2, 0.25) is 5.91 Å². The largest absolute Gasteiger partial charge is 0.497 e. The molecule has 0 aliphatic heterocycles. The highest BCUT2D eigenvalue weighted by molar-refractivity contribution is 5.94. The number of anilines is 1. The zero-order valence-electron chi connectivity index (χ0n) is 15.7. The first-order valence-corrected chi connectivity index (χ1v) is 8.60. The Morgan fingerprint density at radius 1 is 1.32 bits per heavy atom. The second-order valence-corrected chi connectivity index (χ2v) is 6.27. The molecule has 1 aromatic carbocycles. The number of amides is 1. The molecule has 1 amide bonds. The fraction of sp³-hybridized carbons (Fsp3) is 0.474. The summed E-state index contributed by atoms with van der Waals surface area (Å²) in [5, 5.41) is 7.45. The number of nitrogens with one attached hydrogen (secondary N) is 1. The molecule has 25 heavy (non-hydrogen) atoms. The molecule has 0 aliphatic rings. The van der Waals surface area contributed by atoms with Crippen molar-refractivity contribution >= 4 is 11.6 Å². The molecule has 1 aromatic heterocycles. The van der Waals surface area contributed by atoms with E-state index in [9.17, 15) is 4.79 Å². The number of carbonyl (C=O) groups excluding carboxylic acids is 1. The summed E-state index contributed by atoms with van der Waals surface area (Å²) in [6, 6.07) is 9.25. The molecule has 0 spiro atoms. The van der Waals surface area contributed by atoms with Gasteiger partial charge in [-0.05, 0) is 57.6 Å². The van der Waals surface area contributed by atoms with Crippen LogP contribution in [0.5, 0.6) is 5.75 Å². The van der Waals surface area contributed by atoms with E-state index in [1.807, 2.05) is 56.8 Å². The van der Waals surface area contributed by atoms with Crippen molar-refractivity contribution in [2.45, 2.75) is 39.8 Å². The summed E-state index contributed by atoms with van der Waals surface area (Å²) in [6.07, 6.45) is 0.746. The lowest BCUT2D eigenvalue weighted by Gasteiger charge is -2.26. The molecule has 136 valence electrons. The van der Waals surface area contributed by atoms with Crippen LogP contribution in [0.15, 0.2) is 30.3 Å². The topological polar surface area (TPSA) is 59.4 Å². The fourth-order valence-corrected chi connectivity index (χ4v) is 2.91. The van der Waals surface area contributed by atoms with Gasteiger partial charge in [0, 0.05) is 17.9 Å². The standard InChI is InChI=1S/C19H28N4O2/c1-6-18(19(24)20-16-7-9-17(25-5)10-8-16)22(4)11-12-23-15(3)13-14(2)21-23/h7-10,13,18H,6,11-12H2,1-5H3,(H,20,24)/t18-/m0/s1. The number of aryl methyl sites for hydroxylation is 2. The van der Waals surface area contributed by atoms with Gasteiger partial charge in [-0.25, -0.2) is 0 Å². The average molecular weight is 344 g/mol. The minimum absolute atomic E-state index is 0.00327. The molecular weight excluding hydrogens is 316 g/mol. The van der Waals surface area contributed by atoms with Gasteiger partial charge in [-0.3, -0.25) is 14.4 Å². The first kappa shape index (κ1) is 19.0. The molecule has 6 heteroatoms. The maximum absolute atomic E-state index is 12.6. The summed E-state index contributed by atoms with van der Waals surface area (Å²) < 4.78 is 7.12. The Balaban J connectivity index is 1.94. The van der Waals surface area contributed by atoms with Gasteiger partial charge in [0.15, 0.2) is 0 Å². The van der Waals surface area contributed by atoms with Crippen molar-refractivity contribution in [2.75, 3.05) is 26.0 Å². The van der Waals surface area contributed by atoms with Crippen molar-refractivity contribution in [1.82, 2.24) is 14.7 Å². The summed E-state index contributed by atoms with van der Waals surface area (Å²) in [6.45, 7) is 7.59. The Labute approximate surface area is 149 Å². The predicted molar refractivity (Wildman–Crippen MR) is 100 cm³/mol. The van der Waals surface area contributed by atoms with Crippen LogP contribution in [0.25, 0.3) is 0 Å². The van der Waals surface area contributed by atoms with Gasteiger partial charge >= 0.3 is 0 Å². The Morgan fingerprint density at radius 2 is 2.00 bits per heavy atom. The van der Waals surface area contributed by atoms with E-state index in [4.69, 9.17) is 4.74 Å². The van der Waals surface area contributed by atoms with Gasteiger partial charge in [-0.2, -0.15) is 5.10 Å². The zero-order chi connectivity index (χ0) is 18.4. The molecule has 2 rings (SSSR count). The van der Waals surface area contributed by atoms with Crippen LogP contribution in [-0.4, -0.2) is 47.3 Å². The minimum atomic E-state index is -0.181. The van der Waals surface area contributed by atoms with Crippen molar-refractivity contribution in [3.8, 4) is 5.75 Å². The van der Waals surface area contributed by atoms with Gasteiger partial charge in [-0.15, -0.1) is 0 Å². The van der Waals surface area contributed by atoms with Crippen molar-refractivity contribution in [3.63, 3.8) is 0 Å². The lowest BCUT2D eigenvalue weighted by Crippen LogP contribution is -2.42. The van der Waals surface area contributed by atoms with Crippen molar-refractivity contribution in [2.24, 2.45) is 0 Å². The molecule has 1 atom stereocenters. The number of hydrogen-bond donors (Lipinski definition) is 1. The van der Waals surface area contributed by atoms with E-state index in [1.165, 1.54) is 0 Å². The molecule has 0 radical (unpaired) electrons. The fourth-order valence-electron chi connectivity index (χ4n) is 2.91. The smallest absolute Gasteiger partial charge is 0.241 e. The maximum atomic E-state index is 12.6. The van der Waals surface area contributed by atoms with Crippen LogP contribution in [0.3, 0.4) is 0 Å². The number of hydrogen-bond acceptors (Lipinski definition) is 4. The molecule has 0 fully saturated rings. The molecule has 1 heterocycles. The molecule has 0 unspecified atom stereocenters. The molecule has 0 aliphatic carbocycles. The lowest BCUT2D eigenvalue weighted by atomic mass is 10.1. The third-order valence-corrected chi connectivity index (χ3v) is 4.35. The Kier molecular flexibility index (Phi) is 6.58. The molecule has 6 nitrogen and oxygen atoms in total. The van der Waals surface area contributed by atoms with Crippen LogP contribution in [-0.2, 0) is 11.3 Å². The van der Waals surface area contributed by atoms with Crippen LogP contribution in [0.4, 0.5) is 5.69 Å². The highest BCUT2D eigenvalue weighted by Crippen LogP contribution is 2.16. The number of ether oxygens (including phenoxy) is 1. The van der Waals surface area contributed by atoms with Crippen LogP contribution < -0.4 is 10.1 Å². The monoisotopic (exact) mass is 344 g/mol. The number of rotatable bonds is 8. The number of carbonyl (C=O) groups is 1. The summed E-state index contributed by atoms with van der Waals surface area (Å²) in [5.74, 6) is 0.774. The van der Waals surface area contributed by atoms with Gasteiger partial charge in [0.05, 0.1) is 25.4 Å². The number of nitrogens with zero attached hydrogens (tertiary/aromatic N) is 3. The first-order chi connectivity index (χ1) is 11.9. The van der Waals surface area contributed by atoms with Crippen LogP contribution >= 0.6 is 0 Å². The van der Waals surface area contributed by atoms with E-state index in [2.05, 4.69) is 21.4 Å². The number of benzene rings is 1. The molecule has 1 N–H and O–H groups in total. The highest BCUT2D eigenvalue weighted by Gasteiger charge is 2.21. The normalized spacial score (nSPS) is 12.2. The van der Waals surface area contributed by atoms with Crippen LogP contribution in [0.2, 0.25) is 0 Å². The Bertz CT molecular complexity index is 694. The van der Waals surface area contributed by atoms with Crippen LogP contribution in [0, 0.1) is 13.8 Å². The highest BCUT2D eigenvalue weighted by atomic mass is 16.5. The maximum Gasteiger partial charge on any atom is 0.241 e. The summed E-state index contributed by atoms with van der Waals surface area (Å²) in [5.41, 5.74) is 2.93. The number of aromatic nitrogens is 2. The average Bonchev–Trinajstić information content (AvgIpc) is 2.91. The molecule has 0 bridgehead atoms. The van der Waals surface area contributed by atoms with Gasteiger partial charge < -0.3 is 10.1 Å². The number of likely N-dealkylation sites (N-methyl/N-ethyl adjacent to an activating group) is 1. The lowest BCUT2D eigenvalue weighted by molar-refractivity contribution is -0.121. The molecular formula is C19H28N4O2. The van der Waals surface area contributed by atoms with Gasteiger partial charge in [0.25, 0.3) is 0 Å². The second kappa shape index (κ2) is 8.67. The van der Waals surface area contributed by atoms with Crippen molar-refractivity contribution in [3.05, 3.63) is 41.7 Å². The molecule has 2 aromatic rings. The summed E-state index contributed by atoms with van der Waals surface area (Å²) in [7, 11) is 3.60. The Morgan fingerprint density at radius 3 is 2.52 bits per heavy atom. The van der Waals surface area contributed by atoms with E-state index < -0.39 is 0 Å². The summed E-state index contributed by atoms with van der Waals surface area (Å²) in [4.78, 5) is 14.7. The SMILES string of the molecule is CC[C@@H](C(=O)Nc1ccc(OC)cc1)N(C)CCn1nc(C)cc1C. The van der Waals surface area contributed by atoms with Crippen molar-refractivity contribution < 1.29 is 9.53 Å². The van der Waals surface area contributed by atoms with E-state index >= 15 is 0 Å². The number of methoxy groups -OCH3 is 1. The second-order valence-electron chi connectivity index (χ2n) is 6.27. The van der Waals surface area contributed by atoms with E-state index in [0.29, 0.717) is 0 Å². The quantitative estimate of drug-likeness (QED) is 0.800. The van der Waals surface area contributed by atoms with Crippen LogP contribution in [0.1, 0.15) is 24.7 Å².